The average Bonchev–Trinajstić information content (AvgIpc) is 2.82. The highest BCUT2D eigenvalue weighted by Crippen LogP contribution is 2.68. The van der Waals surface area contributed by atoms with E-state index in [1.807, 2.05) is 6.92 Å². The molecule has 0 aliphatic heterocycles. The lowest BCUT2D eigenvalue weighted by molar-refractivity contribution is -0.158. The van der Waals surface area contributed by atoms with Crippen LogP contribution in [0.4, 0.5) is 0 Å². The third-order valence-corrected chi connectivity index (χ3v) is 9.34. The lowest BCUT2D eigenvalue weighted by Gasteiger charge is -2.62. The molecule has 4 fully saturated rings. The van der Waals surface area contributed by atoms with Gasteiger partial charge in [0, 0.05) is 18.3 Å². The van der Waals surface area contributed by atoms with Gasteiger partial charge >= 0.3 is 0 Å². The van der Waals surface area contributed by atoms with E-state index in [1.165, 1.54) is 12.8 Å². The Morgan fingerprint density at radius 3 is 2.52 bits per heavy atom. The number of carbonyl (C=O) groups excluding carboxylic acids is 1. The smallest absolute Gasteiger partial charge is 0.133 e. The largest absolute Gasteiger partial charge is 0.377 e. The van der Waals surface area contributed by atoms with Crippen LogP contribution in [0.5, 0.6) is 0 Å². The Hall–Kier alpha value is -0.810. The van der Waals surface area contributed by atoms with Crippen LogP contribution in [-0.4, -0.2) is 16.5 Å². The van der Waals surface area contributed by atoms with E-state index < -0.39 is 5.60 Å². The fourth-order valence-electron chi connectivity index (χ4n) is 7.94. The van der Waals surface area contributed by atoms with Crippen molar-refractivity contribution < 1.29 is 9.90 Å². The summed E-state index contributed by atoms with van der Waals surface area (Å²) in [5.41, 5.74) is -0.514. The van der Waals surface area contributed by atoms with Crippen molar-refractivity contribution in [2.45, 2.75) is 84.7 Å². The van der Waals surface area contributed by atoms with E-state index in [1.54, 1.807) is 0 Å². The van der Waals surface area contributed by atoms with Crippen LogP contribution in [0.3, 0.4) is 0 Å². The molecule has 0 saturated heterocycles. The van der Waals surface area contributed by atoms with Gasteiger partial charge in [0.2, 0.25) is 0 Å². The van der Waals surface area contributed by atoms with Gasteiger partial charge in [0.1, 0.15) is 11.4 Å². The quantitative estimate of drug-likeness (QED) is 0.653. The zero-order valence-corrected chi connectivity index (χ0v) is 16.4. The van der Waals surface area contributed by atoms with Crippen molar-refractivity contribution in [3.63, 3.8) is 0 Å². The molecular formula is C23H34O2. The Bertz CT molecular complexity index is 642. The molecule has 0 unspecified atom stereocenters. The molecule has 8 atom stereocenters. The molecule has 0 spiro atoms. The van der Waals surface area contributed by atoms with E-state index in [2.05, 4.69) is 32.6 Å². The first kappa shape index (κ1) is 17.6. The van der Waals surface area contributed by atoms with Crippen LogP contribution >= 0.6 is 0 Å². The molecule has 4 saturated carbocycles. The molecule has 0 aromatic rings. The maximum Gasteiger partial charge on any atom is 0.133 e. The second-order valence-corrected chi connectivity index (χ2v) is 10.2. The molecule has 0 radical (unpaired) electrons. The van der Waals surface area contributed by atoms with Crippen molar-refractivity contribution in [3.8, 4) is 11.8 Å². The van der Waals surface area contributed by atoms with Crippen LogP contribution < -0.4 is 0 Å². The summed E-state index contributed by atoms with van der Waals surface area (Å²) in [6, 6.07) is 0. The van der Waals surface area contributed by atoms with E-state index >= 15 is 0 Å². The fourth-order valence-corrected chi connectivity index (χ4v) is 7.94. The standard InChI is InChI=1S/C23H34O2/c1-5-9-23(25)12-8-19-17-13-15(2)20-14-16(24)6-10-21(20,3)18(17)7-11-22(19,23)4/h15,17-20,25H,6-8,10-14H2,1-4H3/t15-,17-,18+,19+,20-,21-,22+,23-/m1/s1. The second-order valence-electron chi connectivity index (χ2n) is 10.2. The topological polar surface area (TPSA) is 37.3 Å². The Labute approximate surface area is 153 Å². The molecule has 25 heavy (non-hydrogen) atoms. The minimum atomic E-state index is -0.791. The molecule has 4 rings (SSSR count). The van der Waals surface area contributed by atoms with Gasteiger partial charge in [-0.2, -0.15) is 0 Å². The Morgan fingerprint density at radius 1 is 1.08 bits per heavy atom. The van der Waals surface area contributed by atoms with Crippen molar-refractivity contribution in [2.75, 3.05) is 0 Å². The monoisotopic (exact) mass is 342 g/mol. The van der Waals surface area contributed by atoms with E-state index in [9.17, 15) is 9.90 Å². The van der Waals surface area contributed by atoms with Gasteiger partial charge in [-0.25, -0.2) is 0 Å². The number of hydrogen-bond acceptors (Lipinski definition) is 2. The molecule has 0 aromatic carbocycles. The zero-order chi connectivity index (χ0) is 18.0. The highest BCUT2D eigenvalue weighted by molar-refractivity contribution is 5.79. The predicted octanol–water partition coefficient (Wildman–Crippen LogP) is 4.60. The summed E-state index contributed by atoms with van der Waals surface area (Å²) in [5, 5.41) is 11.3. The van der Waals surface area contributed by atoms with Gasteiger partial charge in [0.15, 0.2) is 0 Å². The van der Waals surface area contributed by atoms with E-state index in [-0.39, 0.29) is 5.41 Å². The van der Waals surface area contributed by atoms with Gasteiger partial charge < -0.3 is 5.11 Å². The van der Waals surface area contributed by atoms with Crippen molar-refractivity contribution in [1.29, 1.82) is 0 Å². The zero-order valence-electron chi connectivity index (χ0n) is 16.4. The second kappa shape index (κ2) is 5.59. The fraction of sp³-hybridized carbons (Fsp3) is 0.870. The minimum absolute atomic E-state index is 0.0510. The van der Waals surface area contributed by atoms with Crippen molar-refractivity contribution in [2.24, 2.45) is 40.4 Å². The van der Waals surface area contributed by atoms with E-state index in [0.717, 1.165) is 44.4 Å². The summed E-state index contributed by atoms with van der Waals surface area (Å²) in [7, 11) is 0. The van der Waals surface area contributed by atoms with E-state index in [0.29, 0.717) is 34.9 Å². The molecule has 2 heteroatoms. The highest BCUT2D eigenvalue weighted by Gasteiger charge is 2.65. The molecule has 0 bridgehead atoms. The third kappa shape index (κ3) is 2.24. The number of fused-ring (bicyclic) bond motifs is 5. The maximum absolute atomic E-state index is 12.1. The van der Waals surface area contributed by atoms with Gasteiger partial charge in [0.05, 0.1) is 0 Å². The van der Waals surface area contributed by atoms with Crippen molar-refractivity contribution >= 4 is 5.78 Å². The minimum Gasteiger partial charge on any atom is -0.377 e. The Morgan fingerprint density at radius 2 is 1.80 bits per heavy atom. The Balaban J connectivity index is 1.69. The van der Waals surface area contributed by atoms with Gasteiger partial charge in [-0.3, -0.25) is 4.79 Å². The molecule has 2 nitrogen and oxygen atoms in total. The molecule has 0 heterocycles. The first-order valence-electron chi connectivity index (χ1n) is 10.4. The molecule has 4 aliphatic carbocycles. The molecule has 138 valence electrons. The number of ketones is 1. The van der Waals surface area contributed by atoms with Gasteiger partial charge in [-0.1, -0.05) is 26.7 Å². The number of carbonyl (C=O) groups is 1. The molecule has 0 aromatic heterocycles. The lowest BCUT2D eigenvalue weighted by Crippen LogP contribution is -2.58. The number of rotatable bonds is 0. The number of Topliss-reactive ketones (excluding diaryl/α,β-unsaturated/α-hetero) is 1. The molecule has 0 amide bonds. The normalized spacial score (nSPS) is 54.8. The first-order chi connectivity index (χ1) is 11.7. The SMILES string of the molecule is CC#C[C@@]1(O)CC[C@H]2[C@@H]3C[C@@H](C)[C@H]4CC(=O)CC[C@]4(C)[C@H]3CC[C@@]21C. The first-order valence-corrected chi connectivity index (χ1v) is 10.4. The van der Waals surface area contributed by atoms with Crippen LogP contribution in [0.2, 0.25) is 0 Å². The van der Waals surface area contributed by atoms with Gasteiger partial charge in [0.25, 0.3) is 0 Å². The molecular weight excluding hydrogens is 308 g/mol. The summed E-state index contributed by atoms with van der Waals surface area (Å²) in [4.78, 5) is 12.1. The summed E-state index contributed by atoms with van der Waals surface area (Å²) in [5.74, 6) is 9.93. The Kier molecular flexibility index (Phi) is 3.94. The summed E-state index contributed by atoms with van der Waals surface area (Å²) in [6.07, 6.45) is 8.19. The number of aliphatic hydroxyl groups is 1. The lowest BCUT2D eigenvalue weighted by atomic mass is 9.42. The predicted molar refractivity (Wildman–Crippen MR) is 99.7 cm³/mol. The maximum atomic E-state index is 12.1. The molecule has 4 aliphatic rings. The average molecular weight is 343 g/mol. The number of hydrogen-bond donors (Lipinski definition) is 1. The van der Waals surface area contributed by atoms with Crippen LogP contribution in [0, 0.1) is 52.3 Å². The summed E-state index contributed by atoms with van der Waals surface area (Å²) in [6.45, 7) is 9.05. The van der Waals surface area contributed by atoms with Crippen LogP contribution in [0.15, 0.2) is 0 Å². The summed E-state index contributed by atoms with van der Waals surface area (Å²) >= 11 is 0. The highest BCUT2D eigenvalue weighted by atomic mass is 16.3. The van der Waals surface area contributed by atoms with Crippen LogP contribution in [-0.2, 0) is 4.79 Å². The van der Waals surface area contributed by atoms with E-state index in [4.69, 9.17) is 0 Å². The van der Waals surface area contributed by atoms with Crippen molar-refractivity contribution in [1.82, 2.24) is 0 Å². The summed E-state index contributed by atoms with van der Waals surface area (Å²) < 4.78 is 0. The van der Waals surface area contributed by atoms with Crippen LogP contribution in [0.1, 0.15) is 79.1 Å². The van der Waals surface area contributed by atoms with Gasteiger partial charge in [-0.15, -0.1) is 5.92 Å². The van der Waals surface area contributed by atoms with Crippen LogP contribution in [0.25, 0.3) is 0 Å². The van der Waals surface area contributed by atoms with Gasteiger partial charge in [-0.05, 0) is 80.5 Å². The molecule has 1 N–H and O–H groups in total. The van der Waals surface area contributed by atoms with Crippen molar-refractivity contribution in [3.05, 3.63) is 0 Å². The third-order valence-electron chi connectivity index (χ3n) is 9.34.